The monoisotopic (exact) mass is 347 g/mol. The van der Waals surface area contributed by atoms with Crippen molar-refractivity contribution in [3.8, 4) is 11.3 Å². The van der Waals surface area contributed by atoms with E-state index in [-0.39, 0.29) is 18.0 Å². The number of hydrogen-bond acceptors (Lipinski definition) is 6. The van der Waals surface area contributed by atoms with Crippen LogP contribution in [-0.2, 0) is 16.0 Å². The number of aryl methyl sites for hydroxylation is 1. The molecule has 1 aliphatic heterocycles. The highest BCUT2D eigenvalue weighted by molar-refractivity contribution is 7.10. The molecule has 0 saturated carbocycles. The van der Waals surface area contributed by atoms with Crippen molar-refractivity contribution in [2.45, 2.75) is 13.3 Å². The first-order valence-corrected chi connectivity index (χ1v) is 8.48. The van der Waals surface area contributed by atoms with Crippen LogP contribution in [0, 0.1) is 17.0 Å². The molecule has 1 fully saturated rings. The molecule has 0 atom stereocenters. The van der Waals surface area contributed by atoms with Gasteiger partial charge in [0.05, 0.1) is 30.3 Å². The van der Waals surface area contributed by atoms with Crippen molar-refractivity contribution in [3.63, 3.8) is 0 Å². The zero-order valence-electron chi connectivity index (χ0n) is 13.2. The van der Waals surface area contributed by atoms with Crippen LogP contribution in [-0.4, -0.2) is 47.0 Å². The standard InChI is InChI=1S/C16H17N3O4S/c1-11-2-3-12(8-14(11)19(21)22)13-10-24-15(17-13)9-16(20)18-4-6-23-7-5-18/h2-3,8,10H,4-7,9H2,1H3. The summed E-state index contributed by atoms with van der Waals surface area (Å²) in [5.41, 5.74) is 2.04. The number of carbonyl (C=O) groups is 1. The maximum Gasteiger partial charge on any atom is 0.272 e. The molecular formula is C16H17N3O4S. The lowest BCUT2D eigenvalue weighted by Gasteiger charge is -2.26. The van der Waals surface area contributed by atoms with Gasteiger partial charge in [-0.1, -0.05) is 12.1 Å². The Balaban J connectivity index is 1.74. The molecule has 2 heterocycles. The SMILES string of the molecule is Cc1ccc(-c2csc(CC(=O)N3CCOCC3)n2)cc1[N+](=O)[O-]. The number of hydrogen-bond donors (Lipinski definition) is 0. The van der Waals surface area contributed by atoms with E-state index < -0.39 is 4.92 Å². The van der Waals surface area contributed by atoms with Gasteiger partial charge in [0, 0.05) is 35.7 Å². The van der Waals surface area contributed by atoms with Crippen LogP contribution in [0.1, 0.15) is 10.6 Å². The van der Waals surface area contributed by atoms with Gasteiger partial charge in [0.25, 0.3) is 5.69 Å². The summed E-state index contributed by atoms with van der Waals surface area (Å²) in [5, 5.41) is 13.6. The van der Waals surface area contributed by atoms with Crippen molar-refractivity contribution in [2.75, 3.05) is 26.3 Å². The fourth-order valence-electron chi connectivity index (χ4n) is 2.54. The predicted octanol–water partition coefficient (Wildman–Crippen LogP) is 2.43. The smallest absolute Gasteiger partial charge is 0.272 e. The number of benzene rings is 1. The van der Waals surface area contributed by atoms with Crippen LogP contribution in [0.25, 0.3) is 11.3 Å². The minimum atomic E-state index is -0.395. The Kier molecular flexibility index (Phi) is 4.86. The van der Waals surface area contributed by atoms with Gasteiger partial charge in [-0.25, -0.2) is 4.98 Å². The number of nitrogens with zero attached hydrogens (tertiary/aromatic N) is 3. The molecule has 7 nitrogen and oxygen atoms in total. The van der Waals surface area contributed by atoms with Crippen molar-refractivity contribution >= 4 is 22.9 Å². The lowest BCUT2D eigenvalue weighted by Crippen LogP contribution is -2.41. The minimum Gasteiger partial charge on any atom is -0.378 e. The van der Waals surface area contributed by atoms with Gasteiger partial charge < -0.3 is 9.64 Å². The van der Waals surface area contributed by atoms with E-state index in [1.54, 1.807) is 17.9 Å². The fourth-order valence-corrected chi connectivity index (χ4v) is 3.34. The number of aromatic nitrogens is 1. The van der Waals surface area contributed by atoms with Gasteiger partial charge in [0.2, 0.25) is 5.91 Å². The van der Waals surface area contributed by atoms with Crippen LogP contribution in [0.5, 0.6) is 0 Å². The minimum absolute atomic E-state index is 0.0362. The Bertz CT molecular complexity index is 768. The highest BCUT2D eigenvalue weighted by Crippen LogP contribution is 2.28. The van der Waals surface area contributed by atoms with Gasteiger partial charge in [-0.3, -0.25) is 14.9 Å². The van der Waals surface area contributed by atoms with Crippen LogP contribution >= 0.6 is 11.3 Å². The summed E-state index contributed by atoms with van der Waals surface area (Å²) in [6, 6.07) is 5.05. The van der Waals surface area contributed by atoms with Gasteiger partial charge in [-0.2, -0.15) is 0 Å². The number of nitro groups is 1. The Morgan fingerprint density at radius 1 is 1.42 bits per heavy atom. The summed E-state index contributed by atoms with van der Waals surface area (Å²) in [6.07, 6.45) is 0.249. The van der Waals surface area contributed by atoms with E-state index in [4.69, 9.17) is 4.74 Å². The highest BCUT2D eigenvalue weighted by atomic mass is 32.1. The number of ether oxygens (including phenoxy) is 1. The van der Waals surface area contributed by atoms with Crippen LogP contribution in [0.2, 0.25) is 0 Å². The molecule has 1 aliphatic rings. The zero-order chi connectivity index (χ0) is 17.1. The molecule has 24 heavy (non-hydrogen) atoms. The van der Waals surface area contributed by atoms with Gasteiger partial charge in [0.15, 0.2) is 0 Å². The Morgan fingerprint density at radius 2 is 2.17 bits per heavy atom. The van der Waals surface area contributed by atoms with Crippen molar-refractivity contribution in [3.05, 3.63) is 44.3 Å². The highest BCUT2D eigenvalue weighted by Gasteiger charge is 2.19. The molecule has 0 unspecified atom stereocenters. The van der Waals surface area contributed by atoms with E-state index in [9.17, 15) is 14.9 Å². The number of carbonyl (C=O) groups excluding carboxylic acids is 1. The average Bonchev–Trinajstić information content (AvgIpc) is 3.04. The molecule has 1 amide bonds. The quantitative estimate of drug-likeness (QED) is 0.626. The average molecular weight is 347 g/mol. The van der Waals surface area contributed by atoms with Crippen molar-refractivity contribution in [1.82, 2.24) is 9.88 Å². The maximum absolute atomic E-state index is 12.2. The summed E-state index contributed by atoms with van der Waals surface area (Å²) < 4.78 is 5.24. The summed E-state index contributed by atoms with van der Waals surface area (Å²) in [7, 11) is 0. The number of thiazole rings is 1. The normalized spacial score (nSPS) is 14.6. The Labute approximate surface area is 143 Å². The molecule has 126 valence electrons. The van der Waals surface area contributed by atoms with Gasteiger partial charge in [-0.05, 0) is 6.92 Å². The second-order valence-corrected chi connectivity index (χ2v) is 6.50. The van der Waals surface area contributed by atoms with E-state index in [0.29, 0.717) is 48.1 Å². The van der Waals surface area contributed by atoms with Gasteiger partial charge in [0.1, 0.15) is 5.01 Å². The van der Waals surface area contributed by atoms with E-state index in [0.717, 1.165) is 0 Å². The third kappa shape index (κ3) is 3.60. The fraction of sp³-hybridized carbons (Fsp3) is 0.375. The molecule has 8 heteroatoms. The molecule has 1 aromatic carbocycles. The molecule has 0 radical (unpaired) electrons. The largest absolute Gasteiger partial charge is 0.378 e. The van der Waals surface area contributed by atoms with Crippen molar-refractivity contribution in [2.24, 2.45) is 0 Å². The van der Waals surface area contributed by atoms with Gasteiger partial charge in [-0.15, -0.1) is 11.3 Å². The van der Waals surface area contributed by atoms with Gasteiger partial charge >= 0.3 is 0 Å². The predicted molar refractivity (Wildman–Crippen MR) is 90.0 cm³/mol. The topological polar surface area (TPSA) is 85.6 Å². The summed E-state index contributed by atoms with van der Waals surface area (Å²) in [6.45, 7) is 4.07. The molecule has 0 N–H and O–H groups in total. The summed E-state index contributed by atoms with van der Waals surface area (Å²) >= 11 is 1.40. The lowest BCUT2D eigenvalue weighted by molar-refractivity contribution is -0.385. The number of nitro benzene ring substituents is 1. The lowest BCUT2D eigenvalue weighted by atomic mass is 10.1. The van der Waals surface area contributed by atoms with E-state index in [1.165, 1.54) is 17.4 Å². The first kappa shape index (κ1) is 16.5. The number of rotatable bonds is 4. The van der Waals surface area contributed by atoms with E-state index in [1.807, 2.05) is 11.4 Å². The van der Waals surface area contributed by atoms with Crippen LogP contribution in [0.15, 0.2) is 23.6 Å². The van der Waals surface area contributed by atoms with Crippen LogP contribution in [0.4, 0.5) is 5.69 Å². The molecule has 2 aromatic rings. The van der Waals surface area contributed by atoms with Crippen molar-refractivity contribution in [1.29, 1.82) is 0 Å². The third-order valence-electron chi connectivity index (χ3n) is 3.92. The summed E-state index contributed by atoms with van der Waals surface area (Å²) in [5.74, 6) is 0.0362. The zero-order valence-corrected chi connectivity index (χ0v) is 14.0. The molecule has 3 rings (SSSR count). The molecule has 0 spiro atoms. The number of morpholine rings is 1. The molecule has 1 saturated heterocycles. The number of amides is 1. The van der Waals surface area contributed by atoms with E-state index in [2.05, 4.69) is 4.98 Å². The van der Waals surface area contributed by atoms with E-state index >= 15 is 0 Å². The Morgan fingerprint density at radius 3 is 2.88 bits per heavy atom. The molecular weight excluding hydrogens is 330 g/mol. The Hall–Kier alpha value is -2.32. The second-order valence-electron chi connectivity index (χ2n) is 5.55. The summed E-state index contributed by atoms with van der Waals surface area (Å²) in [4.78, 5) is 29.2. The molecule has 1 aromatic heterocycles. The third-order valence-corrected chi connectivity index (χ3v) is 4.77. The second kappa shape index (κ2) is 7.06. The first-order valence-electron chi connectivity index (χ1n) is 7.60. The molecule has 0 aliphatic carbocycles. The maximum atomic E-state index is 12.2. The van der Waals surface area contributed by atoms with Crippen LogP contribution < -0.4 is 0 Å². The van der Waals surface area contributed by atoms with Crippen molar-refractivity contribution < 1.29 is 14.5 Å². The molecule has 0 bridgehead atoms. The van der Waals surface area contributed by atoms with Crippen LogP contribution in [0.3, 0.4) is 0 Å². The first-order chi connectivity index (χ1) is 11.5.